The molecule has 33 heavy (non-hydrogen) atoms. The Morgan fingerprint density at radius 3 is 2.91 bits per heavy atom. The highest BCUT2D eigenvalue weighted by atomic mass is 19.1. The number of methoxy groups -OCH3 is 1. The quantitative estimate of drug-likeness (QED) is 0.602. The topological polar surface area (TPSA) is 77.4 Å². The molecule has 2 aromatic heterocycles. The molecule has 0 aliphatic carbocycles. The van der Waals surface area contributed by atoms with Gasteiger partial charge in [0, 0.05) is 30.9 Å². The molecule has 7 nitrogen and oxygen atoms in total. The number of benzene rings is 1. The van der Waals surface area contributed by atoms with Gasteiger partial charge in [0.25, 0.3) is 5.91 Å². The summed E-state index contributed by atoms with van der Waals surface area (Å²) in [6.45, 7) is 3.77. The molecule has 1 aromatic carbocycles. The van der Waals surface area contributed by atoms with Crippen LogP contribution in [0.3, 0.4) is 0 Å². The van der Waals surface area contributed by atoms with Crippen LogP contribution in [0, 0.1) is 23.1 Å². The largest absolute Gasteiger partial charge is 0.492 e. The lowest BCUT2D eigenvalue weighted by atomic mass is 9.89. The fraction of sp³-hybridized carbons (Fsp3) is 0.280. The van der Waals surface area contributed by atoms with Gasteiger partial charge < -0.3 is 14.8 Å². The Morgan fingerprint density at radius 2 is 2.15 bits per heavy atom. The molecule has 0 unspecified atom stereocenters. The number of amides is 1. The van der Waals surface area contributed by atoms with Crippen molar-refractivity contribution >= 4 is 11.6 Å². The number of hydrogen-bond donors (Lipinski definition) is 2. The van der Waals surface area contributed by atoms with E-state index in [1.54, 1.807) is 24.5 Å². The molecule has 3 aromatic rings. The zero-order valence-corrected chi connectivity index (χ0v) is 18.4. The molecule has 2 aliphatic rings. The second kappa shape index (κ2) is 8.26. The molecule has 2 aliphatic heterocycles. The van der Waals surface area contributed by atoms with Gasteiger partial charge in [-0.05, 0) is 31.2 Å². The van der Waals surface area contributed by atoms with Crippen LogP contribution in [0.5, 0.6) is 5.75 Å². The summed E-state index contributed by atoms with van der Waals surface area (Å²) in [6, 6.07) is 8.37. The normalized spacial score (nSPS) is 16.0. The summed E-state index contributed by atoms with van der Waals surface area (Å²) in [7, 11) is 1.42. The first kappa shape index (κ1) is 21.0. The number of rotatable bonds is 4. The number of pyridine rings is 1. The lowest BCUT2D eigenvalue weighted by molar-refractivity contribution is -0.0648. The third-order valence-electron chi connectivity index (χ3n) is 5.84. The van der Waals surface area contributed by atoms with Crippen molar-refractivity contribution in [2.75, 3.05) is 32.3 Å². The first-order valence-electron chi connectivity index (χ1n) is 10.7. The zero-order valence-electron chi connectivity index (χ0n) is 18.4. The van der Waals surface area contributed by atoms with Crippen molar-refractivity contribution in [2.45, 2.75) is 13.3 Å². The maximum Gasteiger partial charge on any atom is 0.253 e. The van der Waals surface area contributed by atoms with Gasteiger partial charge in [0.1, 0.15) is 0 Å². The molecule has 8 heteroatoms. The van der Waals surface area contributed by atoms with E-state index < -0.39 is 5.82 Å². The standard InChI is InChI=1S/C25H23FN4O3/c1-25(14-33-15-25)9-6-16-13-27-10-7-17(16)22-12-18-21(8-11-28-24(18)31)30(22)29-20-5-3-4-19(26)23(20)32-2/h3-5,7,10,12-13,29H,8,11,14-15H2,1-2H3,(H,28,31). The van der Waals surface area contributed by atoms with Crippen molar-refractivity contribution in [1.29, 1.82) is 0 Å². The number of nitrogens with zero attached hydrogens (tertiary/aromatic N) is 2. The van der Waals surface area contributed by atoms with Gasteiger partial charge in [0.15, 0.2) is 11.6 Å². The van der Waals surface area contributed by atoms with Crippen LogP contribution >= 0.6 is 0 Å². The summed E-state index contributed by atoms with van der Waals surface area (Å²) in [5, 5.41) is 2.88. The molecular formula is C25H23FN4O3. The highest BCUT2D eigenvalue weighted by molar-refractivity contribution is 5.98. The van der Waals surface area contributed by atoms with Gasteiger partial charge in [0.2, 0.25) is 0 Å². The second-order valence-corrected chi connectivity index (χ2v) is 8.39. The van der Waals surface area contributed by atoms with E-state index in [2.05, 4.69) is 34.5 Å². The summed E-state index contributed by atoms with van der Waals surface area (Å²) in [6.07, 6.45) is 4.02. The number of aromatic nitrogens is 2. The van der Waals surface area contributed by atoms with Gasteiger partial charge in [-0.2, -0.15) is 0 Å². The van der Waals surface area contributed by atoms with E-state index in [9.17, 15) is 9.18 Å². The van der Waals surface area contributed by atoms with E-state index in [0.717, 1.165) is 22.5 Å². The Morgan fingerprint density at radius 1 is 1.30 bits per heavy atom. The lowest BCUT2D eigenvalue weighted by Crippen LogP contribution is -2.38. The van der Waals surface area contributed by atoms with Crippen LogP contribution in [0.25, 0.3) is 11.3 Å². The number of hydrogen-bond acceptors (Lipinski definition) is 5. The van der Waals surface area contributed by atoms with Crippen LogP contribution in [-0.4, -0.2) is 42.4 Å². The first-order valence-corrected chi connectivity index (χ1v) is 10.7. The first-order chi connectivity index (χ1) is 16.0. The molecule has 1 saturated heterocycles. The van der Waals surface area contributed by atoms with Crippen LogP contribution in [0.2, 0.25) is 0 Å². The Bertz CT molecular complexity index is 1300. The fourth-order valence-corrected chi connectivity index (χ4v) is 4.05. The van der Waals surface area contributed by atoms with Gasteiger partial charge in [-0.25, -0.2) is 4.39 Å². The van der Waals surface area contributed by atoms with Crippen LogP contribution in [0.15, 0.2) is 42.7 Å². The molecular weight excluding hydrogens is 423 g/mol. The predicted octanol–water partition coefficient (Wildman–Crippen LogP) is 3.25. The average Bonchev–Trinajstić information content (AvgIpc) is 3.16. The van der Waals surface area contributed by atoms with Crippen LogP contribution < -0.4 is 15.5 Å². The molecule has 0 atom stereocenters. The van der Waals surface area contributed by atoms with Crippen molar-refractivity contribution < 1.29 is 18.7 Å². The minimum absolute atomic E-state index is 0.0961. The molecule has 0 radical (unpaired) electrons. The third kappa shape index (κ3) is 3.81. The Kier molecular flexibility index (Phi) is 5.27. The number of halogens is 1. The van der Waals surface area contributed by atoms with E-state index >= 15 is 0 Å². The number of carbonyl (C=O) groups is 1. The van der Waals surface area contributed by atoms with E-state index in [-0.39, 0.29) is 17.1 Å². The third-order valence-corrected chi connectivity index (χ3v) is 5.84. The Hall–Kier alpha value is -3.83. The highest BCUT2D eigenvalue weighted by Crippen LogP contribution is 2.33. The molecule has 4 heterocycles. The zero-order chi connectivity index (χ0) is 23.0. The molecule has 168 valence electrons. The minimum atomic E-state index is -0.478. The summed E-state index contributed by atoms with van der Waals surface area (Å²) >= 11 is 0. The second-order valence-electron chi connectivity index (χ2n) is 8.39. The number of anilines is 1. The average molecular weight is 446 g/mol. The smallest absolute Gasteiger partial charge is 0.253 e. The summed E-state index contributed by atoms with van der Waals surface area (Å²) in [5.74, 6) is 6.01. The maximum atomic E-state index is 14.3. The number of ether oxygens (including phenoxy) is 2. The maximum absolute atomic E-state index is 14.3. The van der Waals surface area contributed by atoms with Gasteiger partial charge in [-0.1, -0.05) is 17.9 Å². The SMILES string of the molecule is COc1c(F)cccc1Nn1c(-c2ccncc2C#CC2(C)COC2)cc2c1CCNC2=O. The molecule has 0 bridgehead atoms. The van der Waals surface area contributed by atoms with Gasteiger partial charge in [-0.15, -0.1) is 0 Å². The summed E-state index contributed by atoms with van der Waals surface area (Å²) in [4.78, 5) is 16.9. The van der Waals surface area contributed by atoms with E-state index in [4.69, 9.17) is 9.47 Å². The Labute approximate surface area is 190 Å². The monoisotopic (exact) mass is 446 g/mol. The van der Waals surface area contributed by atoms with Crippen LogP contribution in [0.1, 0.15) is 28.5 Å². The molecule has 0 spiro atoms. The minimum Gasteiger partial charge on any atom is -0.492 e. The number of para-hydroxylation sites is 1. The molecule has 0 saturated carbocycles. The number of fused-ring (bicyclic) bond motifs is 1. The van der Waals surface area contributed by atoms with Gasteiger partial charge in [-0.3, -0.25) is 19.9 Å². The van der Waals surface area contributed by atoms with Gasteiger partial charge >= 0.3 is 0 Å². The van der Waals surface area contributed by atoms with Crippen LogP contribution in [-0.2, 0) is 11.2 Å². The van der Waals surface area contributed by atoms with Crippen molar-refractivity contribution in [2.24, 2.45) is 5.41 Å². The molecule has 2 N–H and O–H groups in total. The molecule has 1 fully saturated rings. The lowest BCUT2D eigenvalue weighted by Gasteiger charge is -2.32. The van der Waals surface area contributed by atoms with Crippen LogP contribution in [0.4, 0.5) is 10.1 Å². The van der Waals surface area contributed by atoms with Crippen molar-refractivity contribution in [3.8, 4) is 28.8 Å². The Balaban J connectivity index is 1.65. The van der Waals surface area contributed by atoms with E-state index in [1.165, 1.54) is 13.2 Å². The van der Waals surface area contributed by atoms with E-state index in [1.807, 2.05) is 16.8 Å². The fourth-order valence-electron chi connectivity index (χ4n) is 4.05. The summed E-state index contributed by atoms with van der Waals surface area (Å²) < 4.78 is 26.7. The molecule has 5 rings (SSSR count). The number of nitrogens with one attached hydrogen (secondary N) is 2. The molecule has 1 amide bonds. The van der Waals surface area contributed by atoms with Crippen molar-refractivity contribution in [3.05, 3.63) is 65.4 Å². The van der Waals surface area contributed by atoms with E-state index in [0.29, 0.717) is 37.4 Å². The van der Waals surface area contributed by atoms with Crippen molar-refractivity contribution in [3.63, 3.8) is 0 Å². The summed E-state index contributed by atoms with van der Waals surface area (Å²) in [5.41, 5.74) is 7.17. The predicted molar refractivity (Wildman–Crippen MR) is 121 cm³/mol. The number of carbonyl (C=O) groups excluding carboxylic acids is 1. The van der Waals surface area contributed by atoms with Crippen molar-refractivity contribution in [1.82, 2.24) is 15.0 Å². The highest BCUT2D eigenvalue weighted by Gasteiger charge is 2.31. The van der Waals surface area contributed by atoms with Gasteiger partial charge in [0.05, 0.1) is 53.9 Å².